The fourth-order valence-electron chi connectivity index (χ4n) is 8.53. The number of carboxylic acids is 1. The molecule has 2 fully saturated rings. The summed E-state index contributed by atoms with van der Waals surface area (Å²) in [5.41, 5.74) is 5.79. The van der Waals surface area contributed by atoms with E-state index in [1.807, 2.05) is 42.5 Å². The predicted octanol–water partition coefficient (Wildman–Crippen LogP) is 8.93. The number of carboxylic acid groups (broad SMARTS) is 1. The van der Waals surface area contributed by atoms with Gasteiger partial charge in [-0.1, -0.05) is 54.1 Å². The molecule has 67 heavy (non-hydrogen) atoms. The number of hydrogen-bond donors (Lipinski definition) is 2. The van der Waals surface area contributed by atoms with Gasteiger partial charge in [-0.2, -0.15) is 0 Å². The molecule has 1 aliphatic carbocycles. The first-order valence-corrected chi connectivity index (χ1v) is 23.4. The van der Waals surface area contributed by atoms with Crippen LogP contribution in [0.2, 0.25) is 5.02 Å². The second-order valence-electron chi connectivity index (χ2n) is 16.7. The van der Waals surface area contributed by atoms with Gasteiger partial charge in [-0.25, -0.2) is 29.1 Å². The van der Waals surface area contributed by atoms with Gasteiger partial charge >= 0.3 is 5.97 Å². The Balaban J connectivity index is 1.02. The summed E-state index contributed by atoms with van der Waals surface area (Å²) in [6.45, 7) is 8.53. The summed E-state index contributed by atoms with van der Waals surface area (Å²) >= 11 is 8.05. The number of fused-ring (bicyclic) bond motifs is 1. The highest BCUT2D eigenvalue weighted by Crippen LogP contribution is 2.49. The average molecular weight is 943 g/mol. The van der Waals surface area contributed by atoms with Crippen LogP contribution in [0.15, 0.2) is 97.5 Å². The normalized spacial score (nSPS) is 14.8. The van der Waals surface area contributed by atoms with E-state index in [-0.39, 0.29) is 23.9 Å². The van der Waals surface area contributed by atoms with Crippen molar-refractivity contribution in [3.63, 3.8) is 0 Å². The summed E-state index contributed by atoms with van der Waals surface area (Å²) in [5, 5.41) is 15.2. The van der Waals surface area contributed by atoms with Crippen molar-refractivity contribution in [2.75, 3.05) is 46.4 Å². The molecular formula is C51H49ClFN7O6S. The molecule has 2 aliphatic rings. The molecule has 9 rings (SSSR count). The highest BCUT2D eigenvalue weighted by Gasteiger charge is 2.31. The van der Waals surface area contributed by atoms with Gasteiger partial charge in [0.2, 0.25) is 12.0 Å². The molecule has 16 heteroatoms. The monoisotopic (exact) mass is 941 g/mol. The molecule has 4 heterocycles. The van der Waals surface area contributed by atoms with Crippen LogP contribution in [0.4, 0.5) is 4.39 Å². The van der Waals surface area contributed by atoms with Crippen molar-refractivity contribution in [2.24, 2.45) is 0 Å². The fraction of sp³-hybridized carbons (Fsp3) is 0.294. The number of benzene rings is 4. The number of nitrogens with zero attached hydrogens (tertiary/aromatic N) is 6. The quantitative estimate of drug-likeness (QED) is 0.0587. The van der Waals surface area contributed by atoms with Gasteiger partial charge in [0.1, 0.15) is 35.1 Å². The molecule has 0 amide bonds. The zero-order valence-corrected chi connectivity index (χ0v) is 38.7. The van der Waals surface area contributed by atoms with Crippen molar-refractivity contribution in [1.82, 2.24) is 35.1 Å². The molecule has 13 nitrogen and oxygen atoms in total. The Kier molecular flexibility index (Phi) is 14.1. The van der Waals surface area contributed by atoms with Crippen LogP contribution in [-0.4, -0.2) is 106 Å². The third-order valence-electron chi connectivity index (χ3n) is 12.3. The highest BCUT2D eigenvalue weighted by molar-refractivity contribution is 7.22. The van der Waals surface area contributed by atoms with E-state index in [0.717, 1.165) is 56.4 Å². The summed E-state index contributed by atoms with van der Waals surface area (Å²) in [4.78, 5) is 49.8. The molecule has 344 valence electrons. The summed E-state index contributed by atoms with van der Waals surface area (Å²) < 4.78 is 32.7. The number of aliphatic carboxylic acids is 1. The number of carbonyl (C=O) groups is 2. The second kappa shape index (κ2) is 20.7. The van der Waals surface area contributed by atoms with Crippen LogP contribution in [0.25, 0.3) is 43.2 Å². The molecule has 0 radical (unpaired) electrons. The Morgan fingerprint density at radius 3 is 2.55 bits per heavy atom. The SMILES string of the molecule is COc1ccccc1-c1nccc(COc2ccc(CNCCN3CCN(C4CC4)CC3)cc2CC(Oc2ncnc3sc(-c4ccc(F)cc4)c(-c4ccc(C=O)c(Cl)c4C)c23)C(=O)O)n1. The number of ether oxygens (including phenoxy) is 3. The number of rotatable bonds is 19. The van der Waals surface area contributed by atoms with Gasteiger partial charge in [0.05, 0.1) is 28.8 Å². The Labute approximate surface area is 396 Å². The van der Waals surface area contributed by atoms with Gasteiger partial charge in [0, 0.05) is 80.5 Å². The minimum Gasteiger partial charge on any atom is -0.496 e. The Morgan fingerprint density at radius 2 is 1.79 bits per heavy atom. The van der Waals surface area contributed by atoms with E-state index in [0.29, 0.717) is 84.3 Å². The van der Waals surface area contributed by atoms with Gasteiger partial charge in [0.15, 0.2) is 12.1 Å². The number of aromatic nitrogens is 4. The number of para-hydroxylation sites is 1. The van der Waals surface area contributed by atoms with Crippen molar-refractivity contribution < 1.29 is 33.3 Å². The Hall–Kier alpha value is -6.36. The first-order chi connectivity index (χ1) is 32.7. The third kappa shape index (κ3) is 10.5. The van der Waals surface area contributed by atoms with Crippen LogP contribution in [0, 0.1) is 12.7 Å². The molecule has 4 aromatic carbocycles. The number of methoxy groups -OCH3 is 1. The van der Waals surface area contributed by atoms with Crippen molar-refractivity contribution in [3.05, 3.63) is 136 Å². The molecule has 1 saturated carbocycles. The van der Waals surface area contributed by atoms with Crippen LogP contribution in [0.3, 0.4) is 0 Å². The lowest BCUT2D eigenvalue weighted by Gasteiger charge is -2.34. The van der Waals surface area contributed by atoms with E-state index < -0.39 is 17.9 Å². The van der Waals surface area contributed by atoms with Crippen LogP contribution in [0.1, 0.15) is 45.6 Å². The van der Waals surface area contributed by atoms with Crippen molar-refractivity contribution in [1.29, 1.82) is 0 Å². The third-order valence-corrected chi connectivity index (χ3v) is 13.9. The van der Waals surface area contributed by atoms with E-state index in [1.54, 1.807) is 50.6 Å². The first-order valence-electron chi connectivity index (χ1n) is 22.2. The average Bonchev–Trinajstić information content (AvgIpc) is 4.13. The molecule has 1 saturated heterocycles. The van der Waals surface area contributed by atoms with Gasteiger partial charge in [-0.15, -0.1) is 11.3 Å². The number of halogens is 2. The number of hydrogen-bond acceptors (Lipinski definition) is 13. The second-order valence-corrected chi connectivity index (χ2v) is 18.0. The number of carbonyl (C=O) groups excluding carboxylic acids is 1. The van der Waals surface area contributed by atoms with Crippen LogP contribution in [-0.2, 0) is 24.4 Å². The lowest BCUT2D eigenvalue weighted by atomic mass is 9.95. The zero-order valence-electron chi connectivity index (χ0n) is 37.1. The van der Waals surface area contributed by atoms with E-state index in [1.165, 1.54) is 42.6 Å². The minimum atomic E-state index is -1.43. The Morgan fingerprint density at radius 1 is 0.985 bits per heavy atom. The maximum absolute atomic E-state index is 14.2. The van der Waals surface area contributed by atoms with Crippen LogP contribution in [0.5, 0.6) is 17.4 Å². The van der Waals surface area contributed by atoms with E-state index in [4.69, 9.17) is 30.8 Å². The highest BCUT2D eigenvalue weighted by atomic mass is 35.5. The Bertz CT molecular complexity index is 2910. The molecule has 1 aliphatic heterocycles. The lowest BCUT2D eigenvalue weighted by Crippen LogP contribution is -2.48. The molecule has 2 N–H and O–H groups in total. The van der Waals surface area contributed by atoms with E-state index in [2.05, 4.69) is 30.1 Å². The first kappa shape index (κ1) is 45.8. The van der Waals surface area contributed by atoms with Gasteiger partial charge in [-0.05, 0) is 90.0 Å². The zero-order chi connectivity index (χ0) is 46.4. The molecule has 0 spiro atoms. The van der Waals surface area contributed by atoms with Crippen LogP contribution >= 0.6 is 22.9 Å². The predicted molar refractivity (Wildman–Crippen MR) is 257 cm³/mol. The van der Waals surface area contributed by atoms with E-state index in [9.17, 15) is 19.1 Å². The summed E-state index contributed by atoms with van der Waals surface area (Å²) in [6, 6.07) is 25.3. The lowest BCUT2D eigenvalue weighted by molar-refractivity contribution is -0.145. The topological polar surface area (TPSA) is 152 Å². The smallest absolute Gasteiger partial charge is 0.345 e. The number of aldehydes is 1. The number of thiophene rings is 1. The number of nitrogens with one attached hydrogen (secondary N) is 1. The van der Waals surface area contributed by atoms with Crippen LogP contribution < -0.4 is 19.5 Å². The maximum Gasteiger partial charge on any atom is 0.345 e. The van der Waals surface area contributed by atoms with Gasteiger partial charge in [0.25, 0.3) is 0 Å². The molecule has 0 bridgehead atoms. The van der Waals surface area contributed by atoms with Gasteiger partial charge < -0.3 is 24.6 Å². The standard InChI is InChI=1S/C51H49ClFN7O6S/c1-31-39(15-10-34(28-61)46(31)52)44-45-49(56-30-57-50(45)67-47(44)33-8-11-36(53)12-9-33)66-43(51(62)63)26-35-25-32(27-54-19-20-59-21-23-60(24-22-59)38-13-14-38)7-16-41(35)65-29-37-17-18-55-48(58-37)40-5-3-4-6-42(40)64-2/h3-12,15-18,25,28,30,38,43,54H,13-14,19-24,26-27,29H2,1-2H3,(H,62,63). The molecule has 3 aromatic heterocycles. The van der Waals surface area contributed by atoms with Crippen molar-refractivity contribution >= 4 is 45.4 Å². The summed E-state index contributed by atoms with van der Waals surface area (Å²) in [6.07, 6.45) is 4.81. The molecule has 1 unspecified atom stereocenters. The molecule has 7 aromatic rings. The summed E-state index contributed by atoms with van der Waals surface area (Å²) in [7, 11) is 1.60. The minimum absolute atomic E-state index is 0.0371. The largest absolute Gasteiger partial charge is 0.496 e. The maximum atomic E-state index is 14.2. The fourth-order valence-corrected chi connectivity index (χ4v) is 9.89. The van der Waals surface area contributed by atoms with Gasteiger partial charge in [-0.3, -0.25) is 14.6 Å². The molecule has 1 atom stereocenters. The molecular weight excluding hydrogens is 893 g/mol. The van der Waals surface area contributed by atoms with Crippen molar-refractivity contribution in [3.8, 4) is 50.3 Å². The number of piperazine rings is 1. The summed E-state index contributed by atoms with van der Waals surface area (Å²) in [5.74, 6) is 0.00529. The van der Waals surface area contributed by atoms with Crippen molar-refractivity contribution in [2.45, 2.75) is 51.5 Å². The van der Waals surface area contributed by atoms with E-state index >= 15 is 0 Å².